The SMILES string of the molecule is [2H]c1c([2H])c([2H])c2c([2H])c([2H])c(-c3c4c([2H])c([2H])c([2H])c([2H])c4c(-c4c(-c5c([2H])c([2H])c6oc7c([2H])c([2H])c8c([2H])c([2H])c([2H])c([2H])c8c7c6c5[2H])c([2H])c5c([2H])c([2H])c([2H])c([2H])c5c4[2H])c4c([2H])c([2H])c([2H])c([2H])c34)cc2c1[2H]. The molecule has 0 unspecified atom stereocenters. The normalized spacial score (nSPS) is 19.9. The summed E-state index contributed by atoms with van der Waals surface area (Å²) >= 11 is 0. The van der Waals surface area contributed by atoms with Gasteiger partial charge in [-0.25, -0.2) is 0 Å². The minimum atomic E-state index is -1.06. The highest BCUT2D eigenvalue weighted by Crippen LogP contribution is 2.48. The molecule has 0 aliphatic heterocycles. The summed E-state index contributed by atoms with van der Waals surface area (Å²) in [6, 6.07) is -25.4. The van der Waals surface area contributed by atoms with Crippen molar-refractivity contribution in [2.45, 2.75) is 0 Å². The molecule has 236 valence electrons. The van der Waals surface area contributed by atoms with Gasteiger partial charge in [-0.1, -0.05) is 145 Å². The highest BCUT2D eigenvalue weighted by molar-refractivity contribution is 6.24. The Balaban J connectivity index is 1.49. The zero-order valence-corrected chi connectivity index (χ0v) is 25.5. The lowest BCUT2D eigenvalue weighted by Gasteiger charge is -2.20. The van der Waals surface area contributed by atoms with Gasteiger partial charge in [-0.3, -0.25) is 0 Å². The molecular weight excluding hydrogens is 617 g/mol. The Labute approximate surface area is 335 Å². The van der Waals surface area contributed by atoms with Crippen LogP contribution in [0.2, 0.25) is 0 Å². The second-order valence-corrected chi connectivity index (χ2v) is 11.4. The van der Waals surface area contributed by atoms with E-state index in [-0.39, 0.29) is 0 Å². The zero-order valence-electron chi connectivity index (χ0n) is 54.5. The summed E-state index contributed by atoms with van der Waals surface area (Å²) in [5, 5.41) is -7.34. The Bertz CT molecular complexity index is 4790. The number of fused-ring (bicyclic) bond motifs is 9. The van der Waals surface area contributed by atoms with Gasteiger partial charge in [0, 0.05) is 10.8 Å². The quantitative estimate of drug-likeness (QED) is 0.170. The molecule has 0 fully saturated rings. The highest BCUT2D eigenvalue weighted by atomic mass is 16.3. The van der Waals surface area contributed by atoms with E-state index in [1.807, 2.05) is 0 Å². The van der Waals surface area contributed by atoms with Crippen molar-refractivity contribution in [3.63, 3.8) is 0 Å². The maximum absolute atomic E-state index is 10.2. The Morgan fingerprint density at radius 2 is 0.843 bits per heavy atom. The molecule has 0 bridgehead atoms. The highest BCUT2D eigenvalue weighted by Gasteiger charge is 2.21. The lowest BCUT2D eigenvalue weighted by molar-refractivity contribution is 0.669. The van der Waals surface area contributed by atoms with Gasteiger partial charge in [0.05, 0.1) is 39.8 Å². The Hall–Kier alpha value is -6.70. The number of benzene rings is 10. The van der Waals surface area contributed by atoms with Gasteiger partial charge in [0.1, 0.15) is 11.2 Å². The molecule has 1 aromatic heterocycles. The maximum atomic E-state index is 10.2. The van der Waals surface area contributed by atoms with Crippen molar-refractivity contribution < 1.29 is 44.2 Å². The molecule has 1 heterocycles. The van der Waals surface area contributed by atoms with Crippen LogP contribution in [0.5, 0.6) is 0 Å². The van der Waals surface area contributed by atoms with Crippen molar-refractivity contribution in [3.05, 3.63) is 181 Å². The van der Waals surface area contributed by atoms with Gasteiger partial charge in [-0.2, -0.15) is 0 Å². The van der Waals surface area contributed by atoms with Gasteiger partial charge in [-0.05, 0) is 124 Å². The van der Waals surface area contributed by atoms with Crippen molar-refractivity contribution in [2.24, 2.45) is 0 Å². The minimum absolute atomic E-state index is 0.392. The van der Waals surface area contributed by atoms with E-state index in [9.17, 15) is 13.7 Å². The topological polar surface area (TPSA) is 13.1 Å². The second kappa shape index (κ2) is 10.9. The van der Waals surface area contributed by atoms with Crippen molar-refractivity contribution in [3.8, 4) is 33.4 Å². The summed E-state index contributed by atoms with van der Waals surface area (Å²) in [6.07, 6.45) is 0. The van der Waals surface area contributed by atoms with Gasteiger partial charge in [-0.15, -0.1) is 0 Å². The summed E-state index contributed by atoms with van der Waals surface area (Å²) in [5.74, 6) is 0. The molecule has 0 radical (unpaired) electrons. The summed E-state index contributed by atoms with van der Waals surface area (Å²) in [6.45, 7) is 0. The van der Waals surface area contributed by atoms with Crippen LogP contribution in [-0.2, 0) is 0 Å². The first-order valence-corrected chi connectivity index (χ1v) is 15.2. The molecule has 11 rings (SSSR count). The predicted molar refractivity (Wildman–Crippen MR) is 218 cm³/mol. The first-order valence-electron chi connectivity index (χ1n) is 29.7. The Kier molecular flexibility index (Phi) is 2.56. The van der Waals surface area contributed by atoms with E-state index in [0.29, 0.717) is 0 Å². The minimum Gasteiger partial charge on any atom is -0.456 e. The molecule has 0 aliphatic rings. The molecule has 0 spiro atoms. The fourth-order valence-corrected chi connectivity index (χ4v) is 6.45. The lowest BCUT2D eigenvalue weighted by Crippen LogP contribution is -1.93. The summed E-state index contributed by atoms with van der Waals surface area (Å²) < 4.78 is 271. The summed E-state index contributed by atoms with van der Waals surface area (Å²) in [4.78, 5) is 0. The van der Waals surface area contributed by atoms with Gasteiger partial charge in [0.25, 0.3) is 0 Å². The van der Waals surface area contributed by atoms with Crippen LogP contribution in [0.25, 0.3) is 109 Å². The Morgan fingerprint density at radius 3 is 1.55 bits per heavy atom. The molecule has 10 aromatic carbocycles. The van der Waals surface area contributed by atoms with E-state index < -0.39 is 284 Å². The van der Waals surface area contributed by atoms with Crippen LogP contribution >= 0.6 is 0 Å². The van der Waals surface area contributed by atoms with Gasteiger partial charge in [0.2, 0.25) is 0 Å². The molecule has 0 aliphatic carbocycles. The molecule has 11 aromatic rings. The zero-order chi connectivity index (χ0) is 58.7. The van der Waals surface area contributed by atoms with Crippen LogP contribution in [0.1, 0.15) is 39.8 Å². The van der Waals surface area contributed by atoms with Crippen LogP contribution in [0.3, 0.4) is 0 Å². The lowest BCUT2D eigenvalue weighted by atomic mass is 9.82. The van der Waals surface area contributed by atoms with Crippen LogP contribution in [0.4, 0.5) is 0 Å². The Morgan fingerprint density at radius 1 is 0.333 bits per heavy atom. The van der Waals surface area contributed by atoms with Crippen molar-refractivity contribution in [1.29, 1.82) is 0 Å². The van der Waals surface area contributed by atoms with Gasteiger partial charge in [0.15, 0.2) is 0 Å². The number of furan rings is 1. The van der Waals surface area contributed by atoms with E-state index in [4.69, 9.17) is 30.5 Å². The molecule has 0 saturated carbocycles. The molecule has 1 nitrogen and oxygen atoms in total. The maximum Gasteiger partial charge on any atom is 0.136 e. The van der Waals surface area contributed by atoms with Crippen LogP contribution < -0.4 is 0 Å². The monoisotopic (exact) mass is 675 g/mol. The van der Waals surface area contributed by atoms with E-state index in [1.54, 1.807) is 0 Å². The molecule has 1 heteroatoms. The standard InChI is InChI=1S/C50H30O/c1-2-13-33-27-37(22-21-31(33)11-1)48-39-17-7-9-19-41(39)49(42-20-10-8-18-40(42)48)44-29-35-15-4-3-14-34(35)28-43(44)36-24-25-46-45(30-36)50-38-16-6-5-12-32(38)23-26-47(50)51-46/h1-30H/i1D,2D,3D,4D,5D,6D,7D,8D,9D,10D,11D,12D,13D,14D,15D,16D,17D,18D,19D,20D,21D,22D,23D,24D,25D,26D,28D,29D,30D. The van der Waals surface area contributed by atoms with E-state index in [0.717, 1.165) is 6.07 Å². The van der Waals surface area contributed by atoms with Crippen LogP contribution in [-0.4, -0.2) is 0 Å². The molecule has 0 atom stereocenters. The predicted octanol–water partition coefficient (Wildman–Crippen LogP) is 14.4. The van der Waals surface area contributed by atoms with Gasteiger partial charge >= 0.3 is 0 Å². The van der Waals surface area contributed by atoms with Crippen molar-refractivity contribution in [1.82, 2.24) is 0 Å². The third kappa shape index (κ3) is 4.28. The van der Waals surface area contributed by atoms with E-state index in [1.165, 1.54) is 0 Å². The summed E-state index contributed by atoms with van der Waals surface area (Å²) in [5.41, 5.74) is -5.90. The number of hydrogen-bond acceptors (Lipinski definition) is 1. The third-order valence-electron chi connectivity index (χ3n) is 8.61. The molecule has 0 N–H and O–H groups in total. The molecular formula is C50H30O. The van der Waals surface area contributed by atoms with Crippen LogP contribution in [0.15, 0.2) is 186 Å². The smallest absolute Gasteiger partial charge is 0.136 e. The molecule has 0 amide bonds. The van der Waals surface area contributed by atoms with Crippen molar-refractivity contribution >= 4 is 75.8 Å². The van der Waals surface area contributed by atoms with Gasteiger partial charge < -0.3 is 4.42 Å². The van der Waals surface area contributed by atoms with Crippen LogP contribution in [0, 0.1) is 0 Å². The average molecular weight is 676 g/mol. The summed E-state index contributed by atoms with van der Waals surface area (Å²) in [7, 11) is 0. The average Bonchev–Trinajstić information content (AvgIpc) is 3.98. The van der Waals surface area contributed by atoms with E-state index >= 15 is 0 Å². The first-order chi connectivity index (χ1) is 37.4. The molecule has 0 saturated heterocycles. The number of hydrogen-bond donors (Lipinski definition) is 0. The van der Waals surface area contributed by atoms with Crippen molar-refractivity contribution in [2.75, 3.05) is 0 Å². The molecule has 51 heavy (non-hydrogen) atoms. The first kappa shape index (κ1) is 12.0. The largest absolute Gasteiger partial charge is 0.456 e. The number of rotatable bonds is 3. The fourth-order valence-electron chi connectivity index (χ4n) is 6.45. The fraction of sp³-hybridized carbons (Fsp3) is 0. The second-order valence-electron chi connectivity index (χ2n) is 11.4. The van der Waals surface area contributed by atoms with E-state index in [2.05, 4.69) is 0 Å². The third-order valence-corrected chi connectivity index (χ3v) is 8.61.